The van der Waals surface area contributed by atoms with Gasteiger partial charge in [0.05, 0.1) is 28.1 Å². The average Bonchev–Trinajstić information content (AvgIpc) is 3.50. The van der Waals surface area contributed by atoms with Crippen LogP contribution in [0.4, 0.5) is 11.4 Å². The van der Waals surface area contributed by atoms with Gasteiger partial charge >= 0.3 is 0 Å². The Bertz CT molecular complexity index is 2610. The van der Waals surface area contributed by atoms with Gasteiger partial charge in [0.15, 0.2) is 12.3 Å². The summed E-state index contributed by atoms with van der Waals surface area (Å²) in [6.07, 6.45) is 10.1. The van der Waals surface area contributed by atoms with Crippen molar-refractivity contribution in [2.75, 3.05) is 29.5 Å². The number of rotatable bonds is 14. The molecule has 310 valence electrons. The molecule has 2 heterocycles. The molecular weight excluding hydrogens is 829 g/mol. The van der Waals surface area contributed by atoms with Crippen molar-refractivity contribution >= 4 is 65.1 Å². The normalized spacial score (nSPS) is 19.5. The first-order valence-corrected chi connectivity index (χ1v) is 23.6. The molecule has 3 aliphatic rings. The Morgan fingerprint density at radius 1 is 0.810 bits per heavy atom. The van der Waals surface area contributed by atoms with Crippen LogP contribution in [0.25, 0.3) is 5.57 Å². The van der Waals surface area contributed by atoms with Crippen molar-refractivity contribution in [3.63, 3.8) is 0 Å². The largest absolute Gasteiger partial charge is 0.343 e. The van der Waals surface area contributed by atoms with Crippen molar-refractivity contribution < 1.29 is 58.1 Å². The average molecular weight is 874 g/mol. The first-order valence-electron chi connectivity index (χ1n) is 18.2. The van der Waals surface area contributed by atoms with Crippen LogP contribution in [0.3, 0.4) is 0 Å². The van der Waals surface area contributed by atoms with Gasteiger partial charge in [0.1, 0.15) is 5.75 Å². The Kier molecular flexibility index (Phi) is 12.5. The molecule has 0 fully saturated rings. The maximum absolute atomic E-state index is 12.1. The molecule has 2 aliphatic heterocycles. The molecule has 18 heteroatoms. The third-order valence-electron chi connectivity index (χ3n) is 10.8. The van der Waals surface area contributed by atoms with Crippen molar-refractivity contribution in [1.82, 2.24) is 0 Å². The predicted molar refractivity (Wildman–Crippen MR) is 222 cm³/mol. The monoisotopic (exact) mass is 873 g/mol. The highest BCUT2D eigenvalue weighted by atomic mass is 32.2. The van der Waals surface area contributed by atoms with Gasteiger partial charge in [-0.15, -0.1) is 4.33 Å². The molecule has 0 amide bonds. The molecule has 0 atom stereocenters. The standard InChI is InChI=1S/C40H44N2O12S4/c1-39(2)32-25-30(55-54-53-43)15-17-34(32)41(21-23-56(44,45)46)36(39)19-13-28-11-8-12-29(38(28)27-9-6-5-7-10-27)14-20-37-40(3,4)33-26-31(58(50,51)52)16-18-35(33)42(37)22-24-57(47,48)49/h5-7,9-10,13-20,25-26H,8,11-12,21-24H2,1-4H3,(H3-,43,44,45,46,47,48,49,50,51,52)/p+1. The van der Waals surface area contributed by atoms with Gasteiger partial charge in [-0.25, -0.2) is 5.26 Å². The summed E-state index contributed by atoms with van der Waals surface area (Å²) in [7, 11) is -13.2. The van der Waals surface area contributed by atoms with Gasteiger partial charge in [-0.1, -0.05) is 61.4 Å². The minimum atomic E-state index is -4.53. The first kappa shape index (κ1) is 43.6. The number of anilines is 1. The van der Waals surface area contributed by atoms with Crippen molar-refractivity contribution in [2.24, 2.45) is 0 Å². The second-order valence-corrected chi connectivity index (χ2v) is 20.6. The molecule has 4 N–H and O–H groups in total. The third kappa shape index (κ3) is 9.41. The van der Waals surface area contributed by atoms with E-state index in [-0.39, 0.29) is 18.0 Å². The second kappa shape index (κ2) is 16.6. The fourth-order valence-electron chi connectivity index (χ4n) is 8.06. The topological polar surface area (TPSA) is 208 Å². The van der Waals surface area contributed by atoms with Crippen molar-refractivity contribution in [3.05, 3.63) is 125 Å². The Labute approximate surface area is 343 Å². The number of hydrogen-bond donors (Lipinski definition) is 4. The minimum absolute atomic E-state index is 0.0149. The lowest BCUT2D eigenvalue weighted by molar-refractivity contribution is -0.432. The van der Waals surface area contributed by atoms with Crippen LogP contribution in [0.5, 0.6) is 0 Å². The van der Waals surface area contributed by atoms with Crippen molar-refractivity contribution in [3.8, 4) is 0 Å². The molecule has 3 aromatic rings. The lowest BCUT2D eigenvalue weighted by Gasteiger charge is -2.27. The Morgan fingerprint density at radius 2 is 1.52 bits per heavy atom. The van der Waals surface area contributed by atoms with E-state index in [0.29, 0.717) is 28.3 Å². The molecule has 3 aromatic carbocycles. The van der Waals surface area contributed by atoms with Crippen molar-refractivity contribution in [2.45, 2.75) is 67.6 Å². The molecule has 0 bridgehead atoms. The zero-order valence-corrected chi connectivity index (χ0v) is 35.5. The lowest BCUT2D eigenvalue weighted by Crippen LogP contribution is -2.30. The molecule has 6 rings (SSSR count). The van der Waals surface area contributed by atoms with Crippen LogP contribution in [0.15, 0.2) is 118 Å². The van der Waals surface area contributed by atoms with Crippen LogP contribution in [0.2, 0.25) is 0 Å². The Hall–Kier alpha value is -3.95. The van der Waals surface area contributed by atoms with E-state index in [4.69, 9.17) is 5.26 Å². The molecule has 0 spiro atoms. The number of nitrogens with zero attached hydrogens (tertiary/aromatic N) is 2. The summed E-state index contributed by atoms with van der Waals surface area (Å²) in [6, 6.07) is 19.4. The highest BCUT2D eigenvalue weighted by molar-refractivity contribution is 7.94. The van der Waals surface area contributed by atoms with E-state index in [0.717, 1.165) is 64.1 Å². The molecule has 0 unspecified atom stereocenters. The van der Waals surface area contributed by atoms with Gasteiger partial charge in [-0.3, -0.25) is 13.7 Å². The predicted octanol–water partition coefficient (Wildman–Crippen LogP) is 7.32. The summed E-state index contributed by atoms with van der Waals surface area (Å²) in [5, 5.41) is 12.5. The maximum atomic E-state index is 12.1. The highest BCUT2D eigenvalue weighted by Crippen LogP contribution is 2.49. The number of allylic oxidation sites excluding steroid dienone is 8. The van der Waals surface area contributed by atoms with E-state index in [2.05, 4.69) is 9.37 Å². The molecular formula is C40H45N2O12S4+. The Balaban J connectivity index is 1.48. The molecule has 1 aliphatic carbocycles. The summed E-state index contributed by atoms with van der Waals surface area (Å²) in [5.41, 5.74) is 6.61. The van der Waals surface area contributed by atoms with Crippen LogP contribution in [0.1, 0.15) is 63.6 Å². The van der Waals surface area contributed by atoms with Crippen LogP contribution in [-0.4, -0.2) is 79.1 Å². The van der Waals surface area contributed by atoms with Gasteiger partial charge < -0.3 is 4.90 Å². The molecule has 14 nitrogen and oxygen atoms in total. The van der Waals surface area contributed by atoms with E-state index < -0.39 is 52.7 Å². The fourth-order valence-corrected chi connectivity index (χ4v) is 9.80. The van der Waals surface area contributed by atoms with Gasteiger partial charge in [0, 0.05) is 45.9 Å². The van der Waals surface area contributed by atoms with Crippen LogP contribution >= 0.6 is 12.0 Å². The van der Waals surface area contributed by atoms with Gasteiger partial charge in [0.2, 0.25) is 5.69 Å². The SMILES string of the molecule is CC1(C)C(C=CC2=C(c3ccccc3)C(=C/C=C3/N(CCS(=O)(=O)O)c4ccc(S(=O)(=O)O)cc4C3(C)C)CCC2)=[N+](CCS(=O)(=O)O)c2ccc(SOOO)cc21. The zero-order chi connectivity index (χ0) is 42.3. The van der Waals surface area contributed by atoms with Gasteiger partial charge in [0.25, 0.3) is 30.4 Å². The van der Waals surface area contributed by atoms with E-state index in [1.165, 1.54) is 18.2 Å². The van der Waals surface area contributed by atoms with Crippen LogP contribution in [0, 0.1) is 0 Å². The molecule has 0 aromatic heterocycles. The van der Waals surface area contributed by atoms with Gasteiger partial charge in [-0.05, 0) is 97.4 Å². The lowest BCUT2D eigenvalue weighted by atomic mass is 9.79. The van der Waals surface area contributed by atoms with Crippen LogP contribution < -0.4 is 4.90 Å². The number of hydrogen-bond acceptors (Lipinski definition) is 11. The van der Waals surface area contributed by atoms with E-state index >= 15 is 0 Å². The summed E-state index contributed by atoms with van der Waals surface area (Å²) >= 11 is 0.809. The molecule has 0 saturated heterocycles. The summed E-state index contributed by atoms with van der Waals surface area (Å²) < 4.78 is 108. The highest BCUT2D eigenvalue weighted by Gasteiger charge is 2.45. The summed E-state index contributed by atoms with van der Waals surface area (Å²) in [4.78, 5) is 2.09. The first-order chi connectivity index (χ1) is 27.1. The van der Waals surface area contributed by atoms with Gasteiger partial charge in [-0.2, -0.15) is 29.8 Å². The van der Waals surface area contributed by atoms with E-state index in [1.54, 1.807) is 11.0 Å². The number of fused-ring (bicyclic) bond motifs is 2. The molecule has 58 heavy (non-hydrogen) atoms. The van der Waals surface area contributed by atoms with E-state index in [1.807, 2.05) is 99.0 Å². The molecule has 0 saturated carbocycles. The number of benzene rings is 3. The molecule has 0 radical (unpaired) electrons. The zero-order valence-electron chi connectivity index (χ0n) is 32.2. The summed E-state index contributed by atoms with van der Waals surface area (Å²) in [5.74, 6) is -1.08. The third-order valence-corrected chi connectivity index (χ3v) is 13.6. The quantitative estimate of drug-likeness (QED) is 0.0412. The second-order valence-electron chi connectivity index (χ2n) is 15.3. The Morgan fingerprint density at radius 3 is 2.17 bits per heavy atom. The smallest absolute Gasteiger partial charge is 0.294 e. The summed E-state index contributed by atoms with van der Waals surface area (Å²) in [6.45, 7) is 7.65. The van der Waals surface area contributed by atoms with E-state index in [9.17, 15) is 38.9 Å². The van der Waals surface area contributed by atoms with Crippen molar-refractivity contribution in [1.29, 1.82) is 0 Å². The van der Waals surface area contributed by atoms with Crippen LogP contribution in [-0.2, 0) is 50.6 Å². The minimum Gasteiger partial charge on any atom is -0.343 e. The fraction of sp³-hybridized carbons (Fsp3) is 0.325. The maximum Gasteiger partial charge on any atom is 0.294 e.